The van der Waals surface area contributed by atoms with E-state index in [1.165, 1.54) is 12.3 Å². The van der Waals surface area contributed by atoms with Crippen molar-refractivity contribution in [3.63, 3.8) is 0 Å². The first kappa shape index (κ1) is 19.9. The van der Waals surface area contributed by atoms with E-state index in [4.69, 9.17) is 27.9 Å². The Hall–Kier alpha value is -2.89. The average molecular weight is 415 g/mol. The normalized spacial score (nSPS) is 11.5. The van der Waals surface area contributed by atoms with Crippen molar-refractivity contribution >= 4 is 40.8 Å². The standard InChI is InChI=1S/C21H16Cl2N2O3/c1-13-7-8-16(12-17(13)23)25-20(26)19(14-5-3-2-4-6-14)28-21(27)18-11-15(22)9-10-24-18/h2-12,19H,1H3,(H,25,26)/t19-/m0/s1. The maximum Gasteiger partial charge on any atom is 0.358 e. The Morgan fingerprint density at radius 1 is 1.04 bits per heavy atom. The second kappa shape index (κ2) is 8.87. The zero-order valence-electron chi connectivity index (χ0n) is 14.9. The third kappa shape index (κ3) is 4.88. The Morgan fingerprint density at radius 2 is 1.79 bits per heavy atom. The van der Waals surface area contributed by atoms with E-state index in [2.05, 4.69) is 10.3 Å². The summed E-state index contributed by atoms with van der Waals surface area (Å²) in [6, 6.07) is 16.8. The van der Waals surface area contributed by atoms with E-state index in [1.807, 2.05) is 6.92 Å². The third-order valence-corrected chi connectivity index (χ3v) is 4.58. The number of benzene rings is 2. The molecule has 0 aliphatic heterocycles. The molecule has 1 aromatic heterocycles. The lowest BCUT2D eigenvalue weighted by Crippen LogP contribution is -2.26. The summed E-state index contributed by atoms with van der Waals surface area (Å²) in [7, 11) is 0. The first-order chi connectivity index (χ1) is 13.4. The molecule has 1 N–H and O–H groups in total. The minimum Gasteiger partial charge on any atom is -0.443 e. The van der Waals surface area contributed by atoms with Crippen LogP contribution < -0.4 is 5.32 Å². The molecule has 1 atom stereocenters. The molecule has 0 fully saturated rings. The van der Waals surface area contributed by atoms with Crippen LogP contribution in [0.15, 0.2) is 66.9 Å². The van der Waals surface area contributed by atoms with Gasteiger partial charge in [0, 0.05) is 27.5 Å². The third-order valence-electron chi connectivity index (χ3n) is 3.94. The highest BCUT2D eigenvalue weighted by Gasteiger charge is 2.26. The van der Waals surface area contributed by atoms with Crippen LogP contribution in [0.5, 0.6) is 0 Å². The maximum atomic E-state index is 12.9. The van der Waals surface area contributed by atoms with Gasteiger partial charge in [-0.05, 0) is 36.8 Å². The molecule has 2 aromatic carbocycles. The number of carbonyl (C=O) groups excluding carboxylic acids is 2. The van der Waals surface area contributed by atoms with Gasteiger partial charge in [0.15, 0.2) is 0 Å². The molecule has 3 aromatic rings. The number of esters is 1. The summed E-state index contributed by atoms with van der Waals surface area (Å²) in [6.45, 7) is 1.86. The Bertz CT molecular complexity index is 1010. The Morgan fingerprint density at radius 3 is 2.46 bits per heavy atom. The molecule has 0 aliphatic carbocycles. The Labute approximate surface area is 172 Å². The topological polar surface area (TPSA) is 68.3 Å². The lowest BCUT2D eigenvalue weighted by molar-refractivity contribution is -0.125. The molecule has 0 saturated heterocycles. The predicted molar refractivity (Wildman–Crippen MR) is 109 cm³/mol. The fourth-order valence-electron chi connectivity index (χ4n) is 2.46. The second-order valence-corrected chi connectivity index (χ2v) is 6.85. The van der Waals surface area contributed by atoms with E-state index >= 15 is 0 Å². The van der Waals surface area contributed by atoms with E-state index in [-0.39, 0.29) is 5.69 Å². The van der Waals surface area contributed by atoms with Crippen LogP contribution in [0.25, 0.3) is 0 Å². The fraction of sp³-hybridized carbons (Fsp3) is 0.0952. The van der Waals surface area contributed by atoms with Crippen molar-refractivity contribution in [1.82, 2.24) is 4.98 Å². The Balaban J connectivity index is 1.85. The SMILES string of the molecule is Cc1ccc(NC(=O)[C@@H](OC(=O)c2cc(Cl)ccn2)c2ccccc2)cc1Cl. The van der Waals surface area contributed by atoms with Gasteiger partial charge in [-0.3, -0.25) is 4.79 Å². The molecule has 7 heteroatoms. The van der Waals surface area contributed by atoms with Crippen molar-refractivity contribution in [2.75, 3.05) is 5.32 Å². The summed E-state index contributed by atoms with van der Waals surface area (Å²) >= 11 is 12.0. The predicted octanol–water partition coefficient (Wildman–Crippen LogP) is 5.23. The van der Waals surface area contributed by atoms with E-state index in [1.54, 1.807) is 54.6 Å². The monoisotopic (exact) mass is 414 g/mol. The van der Waals surface area contributed by atoms with Crippen LogP contribution in [0.2, 0.25) is 10.0 Å². The van der Waals surface area contributed by atoms with Crippen LogP contribution in [-0.4, -0.2) is 16.9 Å². The van der Waals surface area contributed by atoms with E-state index in [0.29, 0.717) is 21.3 Å². The largest absolute Gasteiger partial charge is 0.443 e. The van der Waals surface area contributed by atoms with Gasteiger partial charge in [-0.1, -0.05) is 59.6 Å². The molecule has 142 valence electrons. The van der Waals surface area contributed by atoms with Crippen LogP contribution in [0.4, 0.5) is 5.69 Å². The number of hydrogen-bond donors (Lipinski definition) is 1. The number of pyridine rings is 1. The van der Waals surface area contributed by atoms with Crippen molar-refractivity contribution in [2.45, 2.75) is 13.0 Å². The molecule has 0 bridgehead atoms. The van der Waals surface area contributed by atoms with Crippen LogP contribution in [0.1, 0.15) is 27.7 Å². The molecular formula is C21H16Cl2N2O3. The summed E-state index contributed by atoms with van der Waals surface area (Å²) in [5.74, 6) is -1.27. The summed E-state index contributed by atoms with van der Waals surface area (Å²) < 4.78 is 5.46. The molecular weight excluding hydrogens is 399 g/mol. The molecule has 1 heterocycles. The fourth-order valence-corrected chi connectivity index (χ4v) is 2.80. The van der Waals surface area contributed by atoms with Crippen molar-refractivity contribution < 1.29 is 14.3 Å². The molecule has 0 radical (unpaired) electrons. The van der Waals surface area contributed by atoms with Crippen molar-refractivity contribution in [1.29, 1.82) is 0 Å². The number of amides is 1. The Kier molecular flexibility index (Phi) is 6.29. The van der Waals surface area contributed by atoms with Gasteiger partial charge in [-0.2, -0.15) is 0 Å². The maximum absolute atomic E-state index is 12.9. The highest BCUT2D eigenvalue weighted by Crippen LogP contribution is 2.24. The van der Waals surface area contributed by atoms with E-state index in [9.17, 15) is 9.59 Å². The molecule has 0 spiro atoms. The highest BCUT2D eigenvalue weighted by molar-refractivity contribution is 6.31. The van der Waals surface area contributed by atoms with Gasteiger partial charge >= 0.3 is 5.97 Å². The number of ether oxygens (including phenoxy) is 1. The minimum absolute atomic E-state index is 0.0135. The molecule has 0 unspecified atom stereocenters. The minimum atomic E-state index is -1.17. The van der Waals surface area contributed by atoms with Gasteiger partial charge in [-0.25, -0.2) is 9.78 Å². The number of aromatic nitrogens is 1. The van der Waals surface area contributed by atoms with Crippen LogP contribution in [0, 0.1) is 6.92 Å². The molecule has 28 heavy (non-hydrogen) atoms. The van der Waals surface area contributed by atoms with Crippen LogP contribution in [0.3, 0.4) is 0 Å². The van der Waals surface area contributed by atoms with Gasteiger partial charge < -0.3 is 10.1 Å². The first-order valence-electron chi connectivity index (χ1n) is 8.38. The van der Waals surface area contributed by atoms with Crippen LogP contribution >= 0.6 is 23.2 Å². The van der Waals surface area contributed by atoms with E-state index in [0.717, 1.165) is 5.56 Å². The number of anilines is 1. The molecule has 0 aliphatic rings. The summed E-state index contributed by atoms with van der Waals surface area (Å²) in [5, 5.41) is 3.60. The van der Waals surface area contributed by atoms with Gasteiger partial charge in [0.2, 0.25) is 6.10 Å². The molecule has 5 nitrogen and oxygen atoms in total. The number of carbonyl (C=O) groups is 2. The summed E-state index contributed by atoms with van der Waals surface area (Å²) in [6.07, 6.45) is 0.222. The quantitative estimate of drug-likeness (QED) is 0.580. The van der Waals surface area contributed by atoms with Crippen molar-refractivity contribution in [3.05, 3.63) is 93.7 Å². The molecule has 3 rings (SSSR count). The number of nitrogens with zero attached hydrogens (tertiary/aromatic N) is 1. The van der Waals surface area contributed by atoms with Gasteiger partial charge in [0.25, 0.3) is 5.91 Å². The van der Waals surface area contributed by atoms with Gasteiger partial charge in [-0.15, -0.1) is 0 Å². The first-order valence-corrected chi connectivity index (χ1v) is 9.14. The highest BCUT2D eigenvalue weighted by atomic mass is 35.5. The van der Waals surface area contributed by atoms with Gasteiger partial charge in [0.05, 0.1) is 0 Å². The molecule has 0 saturated carbocycles. The lowest BCUT2D eigenvalue weighted by atomic mass is 10.1. The van der Waals surface area contributed by atoms with E-state index < -0.39 is 18.0 Å². The summed E-state index contributed by atoms with van der Waals surface area (Å²) in [4.78, 5) is 29.3. The number of halogens is 2. The van der Waals surface area contributed by atoms with Gasteiger partial charge in [0.1, 0.15) is 5.69 Å². The zero-order valence-corrected chi connectivity index (χ0v) is 16.4. The summed E-state index contributed by atoms with van der Waals surface area (Å²) in [5.41, 5.74) is 1.92. The molecule has 1 amide bonds. The number of aryl methyl sites for hydroxylation is 1. The number of nitrogens with one attached hydrogen (secondary N) is 1. The lowest BCUT2D eigenvalue weighted by Gasteiger charge is -2.18. The van der Waals surface area contributed by atoms with Crippen molar-refractivity contribution in [3.8, 4) is 0 Å². The number of hydrogen-bond acceptors (Lipinski definition) is 4. The average Bonchev–Trinajstić information content (AvgIpc) is 2.69. The smallest absolute Gasteiger partial charge is 0.358 e. The van der Waals surface area contributed by atoms with Crippen LogP contribution in [-0.2, 0) is 9.53 Å². The number of rotatable bonds is 5. The zero-order chi connectivity index (χ0) is 20.1. The second-order valence-electron chi connectivity index (χ2n) is 6.01. The van der Waals surface area contributed by atoms with Crippen molar-refractivity contribution in [2.24, 2.45) is 0 Å².